The highest BCUT2D eigenvalue weighted by atomic mass is 19.1. The molecule has 2 heterocycles. The number of benzene rings is 1. The number of nitrogens with zero attached hydrogens (tertiary/aromatic N) is 4. The van der Waals surface area contributed by atoms with Gasteiger partial charge in [0.05, 0.1) is 5.69 Å². The number of rotatable bonds is 3. The van der Waals surface area contributed by atoms with E-state index in [0.717, 1.165) is 0 Å². The number of aryl methyl sites for hydroxylation is 1. The van der Waals surface area contributed by atoms with Gasteiger partial charge in [0.25, 0.3) is 5.91 Å². The van der Waals surface area contributed by atoms with Crippen LogP contribution < -0.4 is 0 Å². The molecule has 0 bridgehead atoms. The first-order valence-corrected chi connectivity index (χ1v) is 7.75. The van der Waals surface area contributed by atoms with E-state index in [0.29, 0.717) is 11.5 Å². The van der Waals surface area contributed by atoms with E-state index in [4.69, 9.17) is 5.11 Å². The smallest absolute Gasteiger partial charge is 0.335 e. The van der Waals surface area contributed by atoms with Gasteiger partial charge in [-0.05, 0) is 31.2 Å². The lowest BCUT2D eigenvalue weighted by Crippen LogP contribution is -2.51. The molecule has 0 radical (unpaired) electrons. The summed E-state index contributed by atoms with van der Waals surface area (Å²) in [6, 6.07) is 5.63. The summed E-state index contributed by atoms with van der Waals surface area (Å²) in [7, 11) is 0. The third-order valence-electron chi connectivity index (χ3n) is 4.31. The lowest BCUT2D eigenvalue weighted by atomic mass is 9.91. The molecule has 1 fully saturated rings. The number of hydrogen-bond acceptors (Lipinski definition) is 5. The van der Waals surface area contributed by atoms with Crippen LogP contribution in [0, 0.1) is 12.7 Å². The summed E-state index contributed by atoms with van der Waals surface area (Å²) in [4.78, 5) is 29.1. The van der Waals surface area contributed by atoms with Crippen molar-refractivity contribution in [2.45, 2.75) is 25.4 Å². The topological polar surface area (TPSA) is 109 Å². The van der Waals surface area contributed by atoms with Crippen LogP contribution in [0.2, 0.25) is 0 Å². The minimum absolute atomic E-state index is 0.0254. The van der Waals surface area contributed by atoms with Crippen LogP contribution in [0.25, 0.3) is 5.69 Å². The monoisotopic (exact) mass is 348 g/mol. The Kier molecular flexibility index (Phi) is 4.25. The molecule has 1 aliphatic heterocycles. The van der Waals surface area contributed by atoms with Crippen LogP contribution in [0.3, 0.4) is 0 Å². The molecular weight excluding hydrogens is 331 g/mol. The predicted octanol–water partition coefficient (Wildman–Crippen LogP) is 0.767. The number of amides is 1. The van der Waals surface area contributed by atoms with E-state index in [1.54, 1.807) is 6.92 Å². The first-order valence-electron chi connectivity index (χ1n) is 7.75. The van der Waals surface area contributed by atoms with Gasteiger partial charge in [0.15, 0.2) is 5.60 Å². The number of aliphatic hydroxyl groups is 1. The summed E-state index contributed by atoms with van der Waals surface area (Å²) >= 11 is 0. The third-order valence-corrected chi connectivity index (χ3v) is 4.31. The minimum atomic E-state index is -1.80. The molecule has 0 aliphatic carbocycles. The molecule has 2 N–H and O–H groups in total. The summed E-state index contributed by atoms with van der Waals surface area (Å²) in [6.07, 6.45) is -0.0997. The van der Waals surface area contributed by atoms with Crippen LogP contribution in [0.1, 0.15) is 29.3 Å². The van der Waals surface area contributed by atoms with Gasteiger partial charge in [0, 0.05) is 25.9 Å². The standard InChI is InChI=1S/C16H17FN4O4/c1-10-18-13(19-21(10)12-4-2-11(17)3-5-12)14(22)20-8-6-16(25,7-9-20)15(23)24/h2-5,25H,6-9H2,1H3,(H,23,24). The van der Waals surface area contributed by atoms with Crippen molar-refractivity contribution in [1.82, 2.24) is 19.7 Å². The number of carboxylic acids is 1. The zero-order chi connectivity index (χ0) is 18.2. The largest absolute Gasteiger partial charge is 0.479 e. The Morgan fingerprint density at radius 2 is 1.80 bits per heavy atom. The van der Waals surface area contributed by atoms with Gasteiger partial charge in [-0.2, -0.15) is 0 Å². The van der Waals surface area contributed by atoms with Crippen LogP contribution >= 0.6 is 0 Å². The number of aromatic nitrogens is 3. The third kappa shape index (κ3) is 3.22. The van der Waals surface area contributed by atoms with Gasteiger partial charge < -0.3 is 15.1 Å². The van der Waals surface area contributed by atoms with E-state index in [-0.39, 0.29) is 37.6 Å². The van der Waals surface area contributed by atoms with Gasteiger partial charge in [0.1, 0.15) is 11.6 Å². The number of piperidine rings is 1. The molecule has 1 aromatic heterocycles. The first-order chi connectivity index (χ1) is 11.8. The van der Waals surface area contributed by atoms with Gasteiger partial charge in [0.2, 0.25) is 5.82 Å². The van der Waals surface area contributed by atoms with E-state index >= 15 is 0 Å². The summed E-state index contributed by atoms with van der Waals surface area (Å²) in [5, 5.41) is 23.1. The Balaban J connectivity index is 1.77. The maximum atomic E-state index is 13.0. The summed E-state index contributed by atoms with van der Waals surface area (Å²) in [5.74, 6) is -1.65. The normalized spacial score (nSPS) is 16.7. The van der Waals surface area contributed by atoms with Gasteiger partial charge in [-0.25, -0.2) is 18.9 Å². The van der Waals surface area contributed by atoms with Crippen molar-refractivity contribution in [3.63, 3.8) is 0 Å². The molecule has 0 spiro atoms. The zero-order valence-corrected chi connectivity index (χ0v) is 13.5. The summed E-state index contributed by atoms with van der Waals surface area (Å²) in [6.45, 7) is 1.88. The van der Waals surface area contributed by atoms with Crippen LogP contribution in [0.5, 0.6) is 0 Å². The van der Waals surface area contributed by atoms with Crippen molar-refractivity contribution in [1.29, 1.82) is 0 Å². The van der Waals surface area contributed by atoms with Gasteiger partial charge >= 0.3 is 5.97 Å². The average Bonchev–Trinajstić information content (AvgIpc) is 2.97. The number of halogens is 1. The van der Waals surface area contributed by atoms with E-state index in [2.05, 4.69) is 10.1 Å². The van der Waals surface area contributed by atoms with Crippen LogP contribution in [-0.4, -0.2) is 60.4 Å². The number of carbonyl (C=O) groups is 2. The van der Waals surface area contributed by atoms with Gasteiger partial charge in [-0.3, -0.25) is 4.79 Å². The molecule has 132 valence electrons. The Labute approximate surface area is 142 Å². The average molecular weight is 348 g/mol. The molecule has 25 heavy (non-hydrogen) atoms. The highest BCUT2D eigenvalue weighted by Gasteiger charge is 2.41. The molecule has 1 saturated heterocycles. The van der Waals surface area contributed by atoms with Crippen molar-refractivity contribution in [3.05, 3.63) is 41.7 Å². The van der Waals surface area contributed by atoms with Crippen LogP contribution in [0.15, 0.2) is 24.3 Å². The maximum Gasteiger partial charge on any atom is 0.335 e. The van der Waals surface area contributed by atoms with Gasteiger partial charge in [-0.1, -0.05) is 0 Å². The molecule has 1 aliphatic rings. The van der Waals surface area contributed by atoms with E-state index in [1.165, 1.54) is 33.8 Å². The fourth-order valence-electron chi connectivity index (χ4n) is 2.74. The fraction of sp³-hybridized carbons (Fsp3) is 0.375. The second kappa shape index (κ2) is 6.25. The molecule has 1 aromatic carbocycles. The lowest BCUT2D eigenvalue weighted by Gasteiger charge is -2.34. The molecular formula is C16H17FN4O4. The summed E-state index contributed by atoms with van der Waals surface area (Å²) in [5.41, 5.74) is -1.22. The second-order valence-electron chi connectivity index (χ2n) is 6.00. The maximum absolute atomic E-state index is 13.0. The Bertz CT molecular complexity index is 810. The van der Waals surface area contributed by atoms with E-state index in [9.17, 15) is 19.1 Å². The Hall–Kier alpha value is -2.81. The number of hydrogen-bond donors (Lipinski definition) is 2. The molecule has 9 heteroatoms. The highest BCUT2D eigenvalue weighted by molar-refractivity contribution is 5.91. The van der Waals surface area contributed by atoms with Crippen LogP contribution in [-0.2, 0) is 4.79 Å². The van der Waals surface area contributed by atoms with Crippen molar-refractivity contribution >= 4 is 11.9 Å². The van der Waals surface area contributed by atoms with E-state index in [1.807, 2.05) is 0 Å². The lowest BCUT2D eigenvalue weighted by molar-refractivity contribution is -0.162. The second-order valence-corrected chi connectivity index (χ2v) is 6.00. The summed E-state index contributed by atoms with van der Waals surface area (Å²) < 4.78 is 14.5. The quantitative estimate of drug-likeness (QED) is 0.848. The molecule has 3 rings (SSSR count). The van der Waals surface area contributed by atoms with Crippen molar-refractivity contribution in [3.8, 4) is 5.69 Å². The zero-order valence-electron chi connectivity index (χ0n) is 13.5. The minimum Gasteiger partial charge on any atom is -0.479 e. The molecule has 2 aromatic rings. The number of carboxylic acid groups (broad SMARTS) is 1. The highest BCUT2D eigenvalue weighted by Crippen LogP contribution is 2.23. The number of aliphatic carboxylic acids is 1. The Morgan fingerprint density at radius 1 is 1.20 bits per heavy atom. The fourth-order valence-corrected chi connectivity index (χ4v) is 2.74. The molecule has 8 nitrogen and oxygen atoms in total. The molecule has 0 saturated carbocycles. The van der Waals surface area contributed by atoms with Crippen molar-refractivity contribution in [2.24, 2.45) is 0 Å². The first kappa shape index (κ1) is 17.0. The molecule has 1 amide bonds. The van der Waals surface area contributed by atoms with Crippen LogP contribution in [0.4, 0.5) is 4.39 Å². The SMILES string of the molecule is Cc1nc(C(=O)N2CCC(O)(C(=O)O)CC2)nn1-c1ccc(F)cc1. The van der Waals surface area contributed by atoms with E-state index < -0.39 is 17.5 Å². The van der Waals surface area contributed by atoms with Crippen molar-refractivity contribution in [2.75, 3.05) is 13.1 Å². The number of carbonyl (C=O) groups excluding carboxylic acids is 1. The van der Waals surface area contributed by atoms with Gasteiger partial charge in [-0.15, -0.1) is 5.10 Å². The Morgan fingerprint density at radius 3 is 2.36 bits per heavy atom. The number of likely N-dealkylation sites (tertiary alicyclic amines) is 1. The predicted molar refractivity (Wildman–Crippen MR) is 83.8 cm³/mol. The molecule has 0 unspecified atom stereocenters. The molecule has 0 atom stereocenters. The van der Waals surface area contributed by atoms with Crippen molar-refractivity contribution < 1.29 is 24.2 Å².